The lowest BCUT2D eigenvalue weighted by atomic mass is 9.84. The monoisotopic (exact) mass is 389 g/mol. The van der Waals surface area contributed by atoms with Crippen molar-refractivity contribution in [3.05, 3.63) is 17.3 Å². The molecule has 2 aromatic heterocycles. The molecule has 4 nitrogen and oxygen atoms in total. The second kappa shape index (κ2) is 7.47. The first-order valence-electron chi connectivity index (χ1n) is 9.75. The zero-order chi connectivity index (χ0) is 18.3. The summed E-state index contributed by atoms with van der Waals surface area (Å²) in [6.45, 7) is 6.32. The van der Waals surface area contributed by atoms with Crippen LogP contribution < -0.4 is 5.32 Å². The van der Waals surface area contributed by atoms with Crippen molar-refractivity contribution in [3.8, 4) is 0 Å². The number of carbonyl (C=O) groups is 1. The maximum absolute atomic E-state index is 12.7. The smallest absolute Gasteiger partial charge is 0.233 e. The van der Waals surface area contributed by atoms with E-state index in [1.165, 1.54) is 30.6 Å². The van der Waals surface area contributed by atoms with E-state index in [1.54, 1.807) is 29.4 Å². The summed E-state index contributed by atoms with van der Waals surface area (Å²) in [7, 11) is 0. The van der Waals surface area contributed by atoms with Crippen molar-refractivity contribution < 1.29 is 4.79 Å². The fourth-order valence-corrected chi connectivity index (χ4v) is 6.63. The Balaban J connectivity index is 1.40. The summed E-state index contributed by atoms with van der Waals surface area (Å²) in [5, 5.41) is 5.14. The molecule has 6 heteroatoms. The van der Waals surface area contributed by atoms with Gasteiger partial charge in [-0.05, 0) is 63.4 Å². The van der Waals surface area contributed by atoms with Crippen LogP contribution in [0.3, 0.4) is 0 Å². The Morgan fingerprint density at radius 2 is 2.19 bits per heavy atom. The van der Waals surface area contributed by atoms with Gasteiger partial charge >= 0.3 is 0 Å². The largest absolute Gasteiger partial charge is 0.352 e. The van der Waals surface area contributed by atoms with Gasteiger partial charge in [-0.25, -0.2) is 9.97 Å². The second-order valence-corrected chi connectivity index (χ2v) is 10.3. The molecule has 2 saturated carbocycles. The van der Waals surface area contributed by atoms with Crippen LogP contribution in [0.25, 0.3) is 10.2 Å². The van der Waals surface area contributed by atoms with Crippen molar-refractivity contribution in [2.24, 2.45) is 17.8 Å². The molecule has 26 heavy (non-hydrogen) atoms. The first-order chi connectivity index (χ1) is 12.5. The maximum atomic E-state index is 12.7. The topological polar surface area (TPSA) is 54.9 Å². The number of aryl methyl sites for hydroxylation is 1. The molecule has 1 amide bonds. The van der Waals surface area contributed by atoms with Crippen molar-refractivity contribution in [1.29, 1.82) is 0 Å². The van der Waals surface area contributed by atoms with Gasteiger partial charge in [0.2, 0.25) is 5.91 Å². The summed E-state index contributed by atoms with van der Waals surface area (Å²) in [5.74, 6) is 2.54. The van der Waals surface area contributed by atoms with Crippen LogP contribution in [0.2, 0.25) is 0 Å². The SMILES string of the molecule is CCc1cc2c(SC(C)C(=O)NC(C)C3CC4CCC3C4)ncnc2s1. The van der Waals surface area contributed by atoms with Gasteiger partial charge in [0.1, 0.15) is 16.2 Å². The van der Waals surface area contributed by atoms with Gasteiger partial charge in [0.15, 0.2) is 0 Å². The minimum Gasteiger partial charge on any atom is -0.352 e. The minimum absolute atomic E-state index is 0.128. The van der Waals surface area contributed by atoms with Crippen molar-refractivity contribution >= 4 is 39.2 Å². The molecule has 4 rings (SSSR count). The molecule has 0 saturated heterocycles. The Bertz CT molecular complexity index is 805. The molecule has 140 valence electrons. The van der Waals surface area contributed by atoms with Crippen LogP contribution in [-0.4, -0.2) is 27.2 Å². The van der Waals surface area contributed by atoms with Crippen molar-refractivity contribution in [2.75, 3.05) is 0 Å². The lowest BCUT2D eigenvalue weighted by molar-refractivity contribution is -0.121. The molecule has 5 atom stereocenters. The van der Waals surface area contributed by atoms with Gasteiger partial charge < -0.3 is 5.32 Å². The first-order valence-corrected chi connectivity index (χ1v) is 11.4. The molecule has 2 aliphatic carbocycles. The highest BCUT2D eigenvalue weighted by Crippen LogP contribution is 2.49. The fraction of sp³-hybridized carbons (Fsp3) is 0.650. The van der Waals surface area contributed by atoms with Crippen LogP contribution in [0.1, 0.15) is 51.3 Å². The number of aromatic nitrogens is 2. The normalized spacial score (nSPS) is 27.0. The number of hydrogen-bond acceptors (Lipinski definition) is 5. The third-order valence-electron chi connectivity index (χ3n) is 6.15. The van der Waals surface area contributed by atoms with E-state index in [2.05, 4.69) is 35.2 Å². The van der Waals surface area contributed by atoms with Crippen molar-refractivity contribution in [2.45, 2.75) is 69.2 Å². The summed E-state index contributed by atoms with van der Waals surface area (Å²) >= 11 is 3.26. The van der Waals surface area contributed by atoms with Gasteiger partial charge in [0.05, 0.1) is 5.25 Å². The summed E-state index contributed by atoms with van der Waals surface area (Å²) in [4.78, 5) is 23.9. The Hall–Kier alpha value is -1.14. The number of carbonyl (C=O) groups excluding carboxylic acids is 1. The Morgan fingerprint density at radius 3 is 2.88 bits per heavy atom. The molecule has 0 aliphatic heterocycles. The standard InChI is InChI=1S/C20H27N3OS2/c1-4-15-9-17-19(21-10-22-20(17)26-15)25-12(3)18(24)23-11(2)16-8-13-5-6-14(16)7-13/h9-14,16H,4-8H2,1-3H3,(H,23,24). The Morgan fingerprint density at radius 1 is 1.35 bits per heavy atom. The fourth-order valence-electron chi connectivity index (χ4n) is 4.73. The van der Waals surface area contributed by atoms with Gasteiger partial charge in [-0.15, -0.1) is 11.3 Å². The third kappa shape index (κ3) is 3.50. The van der Waals surface area contributed by atoms with Gasteiger partial charge in [-0.2, -0.15) is 0 Å². The number of thiophene rings is 1. The van der Waals surface area contributed by atoms with Crippen LogP contribution in [-0.2, 0) is 11.2 Å². The number of nitrogens with zero attached hydrogens (tertiary/aromatic N) is 2. The summed E-state index contributed by atoms with van der Waals surface area (Å²) in [6, 6.07) is 2.45. The van der Waals surface area contributed by atoms with E-state index in [9.17, 15) is 4.79 Å². The molecular weight excluding hydrogens is 362 g/mol. The zero-order valence-corrected chi connectivity index (χ0v) is 17.3. The van der Waals surface area contributed by atoms with Gasteiger partial charge in [-0.1, -0.05) is 25.1 Å². The highest BCUT2D eigenvalue weighted by Gasteiger charge is 2.42. The van der Waals surface area contributed by atoms with Crippen molar-refractivity contribution in [3.63, 3.8) is 0 Å². The second-order valence-electron chi connectivity index (χ2n) is 7.86. The van der Waals surface area contributed by atoms with Crippen molar-refractivity contribution in [1.82, 2.24) is 15.3 Å². The molecule has 1 N–H and O–H groups in total. The van der Waals surface area contributed by atoms with E-state index in [0.717, 1.165) is 33.5 Å². The number of fused-ring (bicyclic) bond motifs is 3. The first kappa shape index (κ1) is 18.2. The van der Waals surface area contributed by atoms with Crippen LogP contribution in [0.5, 0.6) is 0 Å². The van der Waals surface area contributed by atoms with Crippen LogP contribution in [0.4, 0.5) is 0 Å². The zero-order valence-electron chi connectivity index (χ0n) is 15.7. The molecule has 2 fully saturated rings. The summed E-state index contributed by atoms with van der Waals surface area (Å²) in [6.07, 6.45) is 8.06. The molecule has 0 aromatic carbocycles. The van der Waals surface area contributed by atoms with E-state index in [0.29, 0.717) is 5.92 Å². The van der Waals surface area contributed by atoms with E-state index in [1.807, 2.05) is 6.92 Å². The van der Waals surface area contributed by atoms with Gasteiger partial charge in [-0.3, -0.25) is 4.79 Å². The molecule has 2 heterocycles. The maximum Gasteiger partial charge on any atom is 0.233 e. The lowest BCUT2D eigenvalue weighted by Crippen LogP contribution is -2.43. The summed E-state index contributed by atoms with van der Waals surface area (Å²) in [5.41, 5.74) is 0. The van der Waals surface area contributed by atoms with E-state index < -0.39 is 0 Å². The number of rotatable bonds is 6. The van der Waals surface area contributed by atoms with E-state index in [4.69, 9.17) is 0 Å². The predicted octanol–water partition coefficient (Wildman–Crippen LogP) is 4.68. The number of nitrogens with one attached hydrogen (secondary N) is 1. The van der Waals surface area contributed by atoms with Crippen LogP contribution in [0.15, 0.2) is 17.4 Å². The Labute approximate surface area is 163 Å². The molecule has 5 unspecified atom stereocenters. The molecular formula is C20H27N3OS2. The van der Waals surface area contributed by atoms with Gasteiger partial charge in [0.25, 0.3) is 0 Å². The Kier molecular flexibility index (Phi) is 5.24. The molecule has 2 bridgehead atoms. The molecule has 2 aliphatic rings. The van der Waals surface area contributed by atoms with Crippen LogP contribution >= 0.6 is 23.1 Å². The highest BCUT2D eigenvalue weighted by atomic mass is 32.2. The van der Waals surface area contributed by atoms with Crippen LogP contribution in [0, 0.1) is 17.8 Å². The lowest BCUT2D eigenvalue weighted by Gasteiger charge is -2.29. The number of amides is 1. The number of hydrogen-bond donors (Lipinski definition) is 1. The quantitative estimate of drug-likeness (QED) is 0.576. The molecule has 2 aromatic rings. The van der Waals surface area contributed by atoms with E-state index in [-0.39, 0.29) is 17.2 Å². The van der Waals surface area contributed by atoms with Gasteiger partial charge in [0, 0.05) is 16.3 Å². The van der Waals surface area contributed by atoms with E-state index >= 15 is 0 Å². The minimum atomic E-state index is -0.154. The number of thioether (sulfide) groups is 1. The average molecular weight is 390 g/mol. The predicted molar refractivity (Wildman–Crippen MR) is 109 cm³/mol. The average Bonchev–Trinajstić information content (AvgIpc) is 3.36. The third-order valence-corrected chi connectivity index (χ3v) is 8.46. The molecule has 0 spiro atoms. The highest BCUT2D eigenvalue weighted by molar-refractivity contribution is 8.00. The summed E-state index contributed by atoms with van der Waals surface area (Å²) < 4.78 is 0. The molecule has 0 radical (unpaired) electrons.